The van der Waals surface area contributed by atoms with Crippen LogP contribution in [0.1, 0.15) is 38.6 Å². The average molecular weight is 555 g/mol. The van der Waals surface area contributed by atoms with Crippen LogP contribution in [-0.4, -0.2) is 25.7 Å². The van der Waals surface area contributed by atoms with Gasteiger partial charge in [-0.2, -0.15) is 0 Å². The van der Waals surface area contributed by atoms with Gasteiger partial charge < -0.3 is 4.57 Å². The summed E-state index contributed by atoms with van der Waals surface area (Å²) in [4.78, 5) is 33.5. The Morgan fingerprint density at radius 2 is 2.03 bits per heavy atom. The topological polar surface area (TPSA) is 56.9 Å². The summed E-state index contributed by atoms with van der Waals surface area (Å²) < 4.78 is 4.76. The van der Waals surface area contributed by atoms with Crippen molar-refractivity contribution in [2.45, 2.75) is 44.8 Å². The van der Waals surface area contributed by atoms with Crippen LogP contribution in [0.5, 0.6) is 0 Å². The zero-order chi connectivity index (χ0) is 24.0. The fourth-order valence-corrected chi connectivity index (χ4v) is 7.16. The van der Waals surface area contributed by atoms with E-state index in [1.807, 2.05) is 44.2 Å². The summed E-state index contributed by atoms with van der Waals surface area (Å²) in [7, 11) is 0. The highest BCUT2D eigenvalue weighted by molar-refractivity contribution is 9.10. The Labute approximate surface area is 214 Å². The minimum absolute atomic E-state index is 0.0207. The van der Waals surface area contributed by atoms with Gasteiger partial charge in [0.1, 0.15) is 4.83 Å². The largest absolute Gasteiger partial charge is 0.318 e. The van der Waals surface area contributed by atoms with Crippen molar-refractivity contribution in [1.82, 2.24) is 14.1 Å². The van der Waals surface area contributed by atoms with Crippen LogP contribution < -0.4 is 5.56 Å². The SMILES string of the molecule is C=CCn1c(SCC(=O)c2cc(C)n(-c3ccc(Br)cc3)c2C)nc2sc3c(c2c1=O)CCC3. The van der Waals surface area contributed by atoms with Crippen LogP contribution in [0.4, 0.5) is 0 Å². The molecule has 3 heterocycles. The van der Waals surface area contributed by atoms with Gasteiger partial charge in [0.2, 0.25) is 0 Å². The number of allylic oxidation sites excluding steroid dienone is 1. The molecule has 174 valence electrons. The normalized spacial score (nSPS) is 12.9. The number of thioether (sulfide) groups is 1. The van der Waals surface area contributed by atoms with E-state index in [1.165, 1.54) is 22.2 Å². The van der Waals surface area contributed by atoms with E-state index in [9.17, 15) is 9.59 Å². The number of hydrogen-bond acceptors (Lipinski definition) is 5. The highest BCUT2D eigenvalue weighted by Crippen LogP contribution is 2.35. The number of ketones is 1. The molecule has 1 aromatic carbocycles. The van der Waals surface area contributed by atoms with E-state index in [2.05, 4.69) is 27.1 Å². The van der Waals surface area contributed by atoms with Gasteiger partial charge in [-0.3, -0.25) is 14.2 Å². The number of aryl methyl sites for hydroxylation is 3. The molecule has 1 aliphatic carbocycles. The number of halogens is 1. The summed E-state index contributed by atoms with van der Waals surface area (Å²) in [6.45, 7) is 8.17. The molecular formula is C26H24BrN3O2S2. The summed E-state index contributed by atoms with van der Waals surface area (Å²) >= 11 is 6.42. The maximum Gasteiger partial charge on any atom is 0.263 e. The van der Waals surface area contributed by atoms with Gasteiger partial charge in [-0.15, -0.1) is 17.9 Å². The highest BCUT2D eigenvalue weighted by atomic mass is 79.9. The molecule has 0 aliphatic heterocycles. The zero-order valence-corrected chi connectivity index (χ0v) is 22.3. The van der Waals surface area contributed by atoms with Crippen LogP contribution in [-0.2, 0) is 19.4 Å². The summed E-state index contributed by atoms with van der Waals surface area (Å²) in [5.41, 5.74) is 4.77. The van der Waals surface area contributed by atoms with E-state index in [0.29, 0.717) is 17.3 Å². The third kappa shape index (κ3) is 4.01. The third-order valence-electron chi connectivity index (χ3n) is 6.25. The molecule has 0 amide bonds. The number of aromatic nitrogens is 3. The first-order valence-corrected chi connectivity index (χ1v) is 13.8. The van der Waals surface area contributed by atoms with Gasteiger partial charge in [-0.05, 0) is 69.0 Å². The van der Waals surface area contributed by atoms with Crippen LogP contribution in [0.3, 0.4) is 0 Å². The van der Waals surface area contributed by atoms with E-state index < -0.39 is 0 Å². The van der Waals surface area contributed by atoms with Crippen molar-refractivity contribution in [3.05, 3.63) is 85.2 Å². The number of nitrogens with zero attached hydrogens (tertiary/aromatic N) is 3. The first kappa shape index (κ1) is 23.3. The number of rotatable bonds is 7. The van der Waals surface area contributed by atoms with Crippen molar-refractivity contribution < 1.29 is 4.79 Å². The minimum Gasteiger partial charge on any atom is -0.318 e. The Balaban J connectivity index is 1.45. The molecular weight excluding hydrogens is 530 g/mol. The number of benzene rings is 1. The summed E-state index contributed by atoms with van der Waals surface area (Å²) in [6.07, 6.45) is 4.77. The lowest BCUT2D eigenvalue weighted by molar-refractivity contribution is 0.102. The zero-order valence-electron chi connectivity index (χ0n) is 19.1. The van der Waals surface area contributed by atoms with E-state index >= 15 is 0 Å². The van der Waals surface area contributed by atoms with Gasteiger partial charge in [0.05, 0.1) is 11.1 Å². The summed E-state index contributed by atoms with van der Waals surface area (Å²) in [5, 5.41) is 1.33. The number of hydrogen-bond donors (Lipinski definition) is 0. The van der Waals surface area contributed by atoms with Gasteiger partial charge >= 0.3 is 0 Å². The molecule has 0 atom stereocenters. The number of Topliss-reactive ketones (excluding diaryl/α,β-unsaturated/α-hetero) is 1. The molecule has 3 aromatic heterocycles. The molecule has 1 aliphatic rings. The summed E-state index contributed by atoms with van der Waals surface area (Å²) in [6, 6.07) is 9.98. The molecule has 34 heavy (non-hydrogen) atoms. The molecule has 0 unspecified atom stereocenters. The molecule has 5 nitrogen and oxygen atoms in total. The van der Waals surface area contributed by atoms with E-state index in [-0.39, 0.29) is 17.1 Å². The second kappa shape index (κ2) is 9.32. The maximum atomic E-state index is 13.3. The maximum absolute atomic E-state index is 13.3. The first-order valence-electron chi connectivity index (χ1n) is 11.2. The van der Waals surface area contributed by atoms with Crippen LogP contribution in [0.25, 0.3) is 15.9 Å². The molecule has 0 bridgehead atoms. The van der Waals surface area contributed by atoms with Crippen molar-refractivity contribution in [3.8, 4) is 5.69 Å². The molecule has 0 spiro atoms. The fraction of sp³-hybridized carbons (Fsp3) is 0.269. The van der Waals surface area contributed by atoms with Gasteiger partial charge in [-0.1, -0.05) is 33.8 Å². The van der Waals surface area contributed by atoms with Gasteiger partial charge in [0, 0.05) is 38.5 Å². The third-order valence-corrected chi connectivity index (χ3v) is 8.94. The molecule has 0 fully saturated rings. The molecule has 5 rings (SSSR count). The van der Waals surface area contributed by atoms with Crippen molar-refractivity contribution >= 4 is 55.0 Å². The minimum atomic E-state index is -0.0207. The quantitative estimate of drug-likeness (QED) is 0.117. The molecule has 0 saturated carbocycles. The van der Waals surface area contributed by atoms with Gasteiger partial charge in [-0.25, -0.2) is 4.98 Å². The number of fused-ring (bicyclic) bond motifs is 3. The molecule has 0 saturated heterocycles. The predicted molar refractivity (Wildman–Crippen MR) is 144 cm³/mol. The molecule has 8 heteroatoms. The summed E-state index contributed by atoms with van der Waals surface area (Å²) in [5.74, 6) is 0.236. The Kier molecular flexibility index (Phi) is 6.39. The van der Waals surface area contributed by atoms with E-state index in [1.54, 1.807) is 22.0 Å². The lowest BCUT2D eigenvalue weighted by atomic mass is 10.2. The molecule has 4 aromatic rings. The Hall–Kier alpha value is -2.42. The van der Waals surface area contributed by atoms with E-state index in [4.69, 9.17) is 4.98 Å². The van der Waals surface area contributed by atoms with Gasteiger partial charge in [0.25, 0.3) is 5.56 Å². The molecule has 0 radical (unpaired) electrons. The van der Waals surface area contributed by atoms with Crippen molar-refractivity contribution in [2.24, 2.45) is 0 Å². The van der Waals surface area contributed by atoms with Gasteiger partial charge in [0.15, 0.2) is 10.9 Å². The van der Waals surface area contributed by atoms with Crippen molar-refractivity contribution in [3.63, 3.8) is 0 Å². The second-order valence-electron chi connectivity index (χ2n) is 8.44. The predicted octanol–water partition coefficient (Wildman–Crippen LogP) is 6.28. The van der Waals surface area contributed by atoms with Crippen molar-refractivity contribution in [1.29, 1.82) is 0 Å². The second-order valence-corrected chi connectivity index (χ2v) is 11.4. The van der Waals surface area contributed by atoms with Crippen LogP contribution >= 0.6 is 39.0 Å². The number of carbonyl (C=O) groups excluding carboxylic acids is 1. The lowest BCUT2D eigenvalue weighted by Crippen LogP contribution is -2.23. The van der Waals surface area contributed by atoms with Crippen LogP contribution in [0.2, 0.25) is 0 Å². The standard InChI is InChI=1S/C26H24BrN3O2S2/c1-4-12-29-25(32)23-19-6-5-7-22(19)34-24(23)28-26(29)33-14-21(31)20-13-15(2)30(16(20)3)18-10-8-17(27)9-11-18/h4,8-11,13H,1,5-7,12,14H2,2-3H3. The lowest BCUT2D eigenvalue weighted by Gasteiger charge is -2.11. The monoisotopic (exact) mass is 553 g/mol. The Morgan fingerprint density at radius 1 is 1.26 bits per heavy atom. The Morgan fingerprint density at radius 3 is 2.76 bits per heavy atom. The highest BCUT2D eigenvalue weighted by Gasteiger charge is 2.24. The van der Waals surface area contributed by atoms with Crippen molar-refractivity contribution in [2.75, 3.05) is 5.75 Å². The Bertz CT molecular complexity index is 1500. The number of thiophene rings is 1. The van der Waals surface area contributed by atoms with Crippen LogP contribution in [0.15, 0.2) is 57.4 Å². The van der Waals surface area contributed by atoms with Crippen LogP contribution in [0, 0.1) is 13.8 Å². The average Bonchev–Trinajstić information content (AvgIpc) is 3.48. The fourth-order valence-electron chi connectivity index (χ4n) is 4.70. The number of carbonyl (C=O) groups is 1. The van der Waals surface area contributed by atoms with E-state index in [0.717, 1.165) is 51.0 Å². The molecule has 0 N–H and O–H groups in total. The smallest absolute Gasteiger partial charge is 0.263 e. The first-order chi connectivity index (χ1) is 16.4.